The molecule has 2 unspecified atom stereocenters. The third kappa shape index (κ3) is 2.93. The van der Waals surface area contributed by atoms with E-state index in [0.29, 0.717) is 6.04 Å². The van der Waals surface area contributed by atoms with Gasteiger partial charge in [0.1, 0.15) is 5.92 Å². The Balaban J connectivity index is 2.57. The lowest BCUT2D eigenvalue weighted by molar-refractivity contribution is -0.135. The molecule has 0 aromatic carbocycles. The molecule has 0 aliphatic carbocycles. The fourth-order valence-corrected chi connectivity index (χ4v) is 1.91. The second kappa shape index (κ2) is 5.13. The van der Waals surface area contributed by atoms with Gasteiger partial charge in [0.05, 0.1) is 6.07 Å². The molecule has 4 nitrogen and oxygen atoms in total. The summed E-state index contributed by atoms with van der Waals surface area (Å²) < 4.78 is 0. The Hall–Kier alpha value is -1.08. The van der Waals surface area contributed by atoms with Gasteiger partial charge in [-0.15, -0.1) is 0 Å². The van der Waals surface area contributed by atoms with Crippen LogP contribution in [0.15, 0.2) is 0 Å². The van der Waals surface area contributed by atoms with Crippen molar-refractivity contribution in [2.45, 2.75) is 25.8 Å². The van der Waals surface area contributed by atoms with Gasteiger partial charge in [0, 0.05) is 19.1 Å². The molecule has 0 aromatic rings. The molecule has 0 bridgehead atoms. The Morgan fingerprint density at radius 1 is 1.60 bits per heavy atom. The lowest BCUT2D eigenvalue weighted by Gasteiger charge is -2.36. The summed E-state index contributed by atoms with van der Waals surface area (Å²) >= 11 is 0. The van der Waals surface area contributed by atoms with E-state index in [1.54, 1.807) is 6.92 Å². The number of nitriles is 1. The molecule has 0 radical (unpaired) electrons. The van der Waals surface area contributed by atoms with Crippen LogP contribution in [-0.4, -0.2) is 48.9 Å². The minimum Gasteiger partial charge on any atom is -0.340 e. The molecule has 0 spiro atoms. The van der Waals surface area contributed by atoms with Crippen LogP contribution in [0.1, 0.15) is 19.8 Å². The van der Waals surface area contributed by atoms with Gasteiger partial charge in [-0.05, 0) is 33.9 Å². The quantitative estimate of drug-likeness (QED) is 0.672. The number of hydrogen-bond acceptors (Lipinski definition) is 3. The van der Waals surface area contributed by atoms with Crippen LogP contribution in [0.3, 0.4) is 0 Å². The highest BCUT2D eigenvalue weighted by molar-refractivity contribution is 5.80. The molecule has 0 saturated carbocycles. The van der Waals surface area contributed by atoms with Crippen molar-refractivity contribution in [3.8, 4) is 6.07 Å². The van der Waals surface area contributed by atoms with Gasteiger partial charge < -0.3 is 9.80 Å². The van der Waals surface area contributed by atoms with E-state index < -0.39 is 5.92 Å². The van der Waals surface area contributed by atoms with E-state index in [-0.39, 0.29) is 5.91 Å². The molecule has 0 N–H and O–H groups in total. The summed E-state index contributed by atoms with van der Waals surface area (Å²) in [5, 5.41) is 8.70. The summed E-state index contributed by atoms with van der Waals surface area (Å²) in [4.78, 5) is 15.8. The van der Waals surface area contributed by atoms with Gasteiger partial charge in [-0.3, -0.25) is 4.79 Å². The average Bonchev–Trinajstić information content (AvgIpc) is 2.27. The van der Waals surface area contributed by atoms with Crippen LogP contribution in [0, 0.1) is 17.2 Å². The molecule has 84 valence electrons. The Labute approximate surface area is 91.5 Å². The van der Waals surface area contributed by atoms with E-state index in [0.717, 1.165) is 25.9 Å². The molecule has 1 heterocycles. The van der Waals surface area contributed by atoms with Crippen LogP contribution < -0.4 is 0 Å². The average molecular weight is 209 g/mol. The Bertz CT molecular complexity index is 269. The van der Waals surface area contributed by atoms with Crippen molar-refractivity contribution < 1.29 is 4.79 Å². The van der Waals surface area contributed by atoms with Gasteiger partial charge in [-0.25, -0.2) is 0 Å². The van der Waals surface area contributed by atoms with Crippen LogP contribution in [0.4, 0.5) is 0 Å². The van der Waals surface area contributed by atoms with Crippen molar-refractivity contribution in [2.75, 3.05) is 27.2 Å². The van der Waals surface area contributed by atoms with Gasteiger partial charge in [-0.2, -0.15) is 5.26 Å². The first-order valence-corrected chi connectivity index (χ1v) is 5.41. The molecule has 1 fully saturated rings. The number of likely N-dealkylation sites (N-methyl/N-ethyl adjacent to an activating group) is 1. The van der Waals surface area contributed by atoms with Crippen molar-refractivity contribution in [3.63, 3.8) is 0 Å². The molecule has 1 aliphatic heterocycles. The lowest BCUT2D eigenvalue weighted by atomic mass is 10.0. The normalized spacial score (nSPS) is 23.7. The summed E-state index contributed by atoms with van der Waals surface area (Å²) in [6.07, 6.45) is 2.17. The summed E-state index contributed by atoms with van der Waals surface area (Å²) in [6, 6.07) is 2.44. The second-order valence-corrected chi connectivity index (χ2v) is 4.39. The molecule has 1 amide bonds. The second-order valence-electron chi connectivity index (χ2n) is 4.39. The molecular formula is C11H19N3O. The molecule has 1 rings (SSSR count). The van der Waals surface area contributed by atoms with Crippen molar-refractivity contribution in [1.29, 1.82) is 5.26 Å². The maximum atomic E-state index is 11.8. The number of hydrogen-bond donors (Lipinski definition) is 0. The van der Waals surface area contributed by atoms with Gasteiger partial charge in [-0.1, -0.05) is 0 Å². The number of nitrogens with zero attached hydrogens (tertiary/aromatic N) is 3. The first-order chi connectivity index (χ1) is 7.06. The number of likely N-dealkylation sites (tertiary alicyclic amines) is 1. The summed E-state index contributed by atoms with van der Waals surface area (Å²) in [6.45, 7) is 3.23. The van der Waals surface area contributed by atoms with Crippen LogP contribution in [-0.2, 0) is 4.79 Å². The predicted molar refractivity (Wildman–Crippen MR) is 58.1 cm³/mol. The molecule has 1 saturated heterocycles. The minimum absolute atomic E-state index is 0.0240. The highest BCUT2D eigenvalue weighted by Crippen LogP contribution is 2.15. The van der Waals surface area contributed by atoms with Gasteiger partial charge >= 0.3 is 0 Å². The first kappa shape index (κ1) is 12.0. The van der Waals surface area contributed by atoms with Crippen LogP contribution in [0.2, 0.25) is 0 Å². The summed E-state index contributed by atoms with van der Waals surface area (Å²) in [5.41, 5.74) is 0. The van der Waals surface area contributed by atoms with Crippen LogP contribution in [0.25, 0.3) is 0 Å². The zero-order chi connectivity index (χ0) is 11.4. The van der Waals surface area contributed by atoms with E-state index in [2.05, 4.69) is 4.90 Å². The topological polar surface area (TPSA) is 47.3 Å². The van der Waals surface area contributed by atoms with Gasteiger partial charge in [0.2, 0.25) is 5.91 Å². The molecule has 0 aromatic heterocycles. The van der Waals surface area contributed by atoms with Crippen molar-refractivity contribution in [3.05, 3.63) is 0 Å². The maximum Gasteiger partial charge on any atom is 0.239 e. The summed E-state index contributed by atoms with van der Waals surface area (Å²) in [5.74, 6) is -0.532. The number of carbonyl (C=O) groups is 1. The molecule has 1 aliphatic rings. The number of carbonyl (C=O) groups excluding carboxylic acids is 1. The van der Waals surface area contributed by atoms with Gasteiger partial charge in [0.15, 0.2) is 0 Å². The zero-order valence-electron chi connectivity index (χ0n) is 9.73. The smallest absolute Gasteiger partial charge is 0.239 e. The fraction of sp³-hybridized carbons (Fsp3) is 0.818. The molecule has 4 heteroatoms. The van der Waals surface area contributed by atoms with Crippen molar-refractivity contribution in [1.82, 2.24) is 9.80 Å². The van der Waals surface area contributed by atoms with E-state index >= 15 is 0 Å². The number of piperidine rings is 1. The predicted octanol–water partition coefficient (Wildman–Crippen LogP) is 0.699. The lowest BCUT2D eigenvalue weighted by Crippen LogP contribution is -2.48. The summed E-state index contributed by atoms with van der Waals surface area (Å²) in [7, 11) is 4.07. The Morgan fingerprint density at radius 3 is 2.80 bits per heavy atom. The Kier molecular flexibility index (Phi) is 4.10. The van der Waals surface area contributed by atoms with E-state index in [1.165, 1.54) is 0 Å². The first-order valence-electron chi connectivity index (χ1n) is 5.41. The fourth-order valence-electron chi connectivity index (χ4n) is 1.91. The van der Waals surface area contributed by atoms with E-state index in [1.807, 2.05) is 25.1 Å². The largest absolute Gasteiger partial charge is 0.340 e. The third-order valence-electron chi connectivity index (χ3n) is 3.00. The maximum absolute atomic E-state index is 11.8. The third-order valence-corrected chi connectivity index (χ3v) is 3.00. The number of rotatable bonds is 2. The van der Waals surface area contributed by atoms with E-state index in [4.69, 9.17) is 5.26 Å². The van der Waals surface area contributed by atoms with Crippen molar-refractivity contribution in [2.24, 2.45) is 5.92 Å². The van der Waals surface area contributed by atoms with Crippen LogP contribution >= 0.6 is 0 Å². The Morgan fingerprint density at radius 2 is 2.27 bits per heavy atom. The monoisotopic (exact) mass is 209 g/mol. The minimum atomic E-state index is -0.508. The van der Waals surface area contributed by atoms with Crippen LogP contribution in [0.5, 0.6) is 0 Å². The number of amides is 1. The zero-order valence-corrected chi connectivity index (χ0v) is 9.73. The highest BCUT2D eigenvalue weighted by atomic mass is 16.2. The SMILES string of the molecule is CC(C#N)C(=O)N1CCCC(N(C)C)C1. The molecule has 2 atom stereocenters. The molecule has 15 heavy (non-hydrogen) atoms. The van der Waals surface area contributed by atoms with Gasteiger partial charge in [0.25, 0.3) is 0 Å². The van der Waals surface area contributed by atoms with E-state index in [9.17, 15) is 4.79 Å². The molecular weight excluding hydrogens is 190 g/mol. The van der Waals surface area contributed by atoms with Crippen molar-refractivity contribution >= 4 is 5.91 Å². The highest BCUT2D eigenvalue weighted by Gasteiger charge is 2.27. The standard InChI is InChI=1S/C11H19N3O/c1-9(7-12)11(15)14-6-4-5-10(8-14)13(2)3/h9-10H,4-6,8H2,1-3H3.